The van der Waals surface area contributed by atoms with Gasteiger partial charge in [0.1, 0.15) is 5.75 Å². The minimum atomic E-state index is -0.546. The maximum Gasteiger partial charge on any atom is 0.283 e. The van der Waals surface area contributed by atoms with Crippen molar-refractivity contribution >= 4 is 28.8 Å². The van der Waals surface area contributed by atoms with Gasteiger partial charge in [0.05, 0.1) is 26.2 Å². The van der Waals surface area contributed by atoms with Gasteiger partial charge < -0.3 is 10.5 Å². The topological polar surface area (TPSA) is 122 Å². The van der Waals surface area contributed by atoms with E-state index in [0.717, 1.165) is 24.6 Å². The number of anilines is 1. The van der Waals surface area contributed by atoms with E-state index in [1.807, 2.05) is 6.92 Å². The zero-order valence-corrected chi connectivity index (χ0v) is 14.3. The van der Waals surface area contributed by atoms with Crippen molar-refractivity contribution in [2.45, 2.75) is 29.6 Å². The highest BCUT2D eigenvalue weighted by Gasteiger charge is 2.21. The van der Waals surface area contributed by atoms with Crippen molar-refractivity contribution in [3.63, 3.8) is 0 Å². The number of nitro benzene ring substituents is 2. The van der Waals surface area contributed by atoms with E-state index in [2.05, 4.69) is 0 Å². The quantitative estimate of drug-likeness (QED) is 0.319. The average Bonchev–Trinajstić information content (AvgIpc) is 2.55. The first kappa shape index (κ1) is 18.5. The van der Waals surface area contributed by atoms with E-state index >= 15 is 0 Å². The van der Waals surface area contributed by atoms with Crippen molar-refractivity contribution < 1.29 is 14.6 Å². The molecule has 0 aliphatic carbocycles. The molecule has 132 valence electrons. The van der Waals surface area contributed by atoms with Gasteiger partial charge in [-0.25, -0.2) is 0 Å². The summed E-state index contributed by atoms with van der Waals surface area (Å²) >= 11 is 0.922. The maximum atomic E-state index is 11.3. The zero-order chi connectivity index (χ0) is 18.4. The van der Waals surface area contributed by atoms with Gasteiger partial charge in [0.2, 0.25) is 0 Å². The summed E-state index contributed by atoms with van der Waals surface area (Å²) in [7, 11) is 0. The van der Waals surface area contributed by atoms with Crippen LogP contribution in [0.4, 0.5) is 17.1 Å². The van der Waals surface area contributed by atoms with Crippen LogP contribution in [-0.4, -0.2) is 16.5 Å². The molecule has 2 aromatic rings. The molecule has 2 rings (SSSR count). The predicted octanol–water partition coefficient (Wildman–Crippen LogP) is 4.42. The van der Waals surface area contributed by atoms with E-state index in [1.54, 1.807) is 0 Å². The number of hydrogen-bond acceptors (Lipinski definition) is 7. The Morgan fingerprint density at radius 3 is 2.24 bits per heavy atom. The summed E-state index contributed by atoms with van der Waals surface area (Å²) < 4.78 is 5.57. The lowest BCUT2D eigenvalue weighted by Crippen LogP contribution is -1.98. The number of hydrogen-bond donors (Lipinski definition) is 1. The molecule has 0 saturated heterocycles. The Morgan fingerprint density at radius 2 is 1.64 bits per heavy atom. The minimum Gasteiger partial charge on any atom is -0.494 e. The van der Waals surface area contributed by atoms with E-state index in [4.69, 9.17) is 10.5 Å². The Labute approximate surface area is 148 Å². The fraction of sp³-hybridized carbons (Fsp3) is 0.250. The van der Waals surface area contributed by atoms with Crippen molar-refractivity contribution in [2.75, 3.05) is 12.3 Å². The first-order valence-corrected chi connectivity index (χ1v) is 8.37. The molecule has 0 bridgehead atoms. The number of nitro groups is 2. The van der Waals surface area contributed by atoms with Crippen molar-refractivity contribution in [3.05, 3.63) is 56.6 Å². The van der Waals surface area contributed by atoms with Gasteiger partial charge in [0.25, 0.3) is 11.4 Å². The molecule has 0 amide bonds. The molecule has 0 saturated carbocycles. The van der Waals surface area contributed by atoms with Crippen molar-refractivity contribution in [1.29, 1.82) is 0 Å². The van der Waals surface area contributed by atoms with Gasteiger partial charge >= 0.3 is 0 Å². The van der Waals surface area contributed by atoms with Gasteiger partial charge in [-0.1, -0.05) is 25.1 Å². The van der Waals surface area contributed by atoms with Crippen LogP contribution >= 0.6 is 11.8 Å². The van der Waals surface area contributed by atoms with Crippen molar-refractivity contribution in [2.24, 2.45) is 0 Å². The molecule has 0 aliphatic rings. The highest BCUT2D eigenvalue weighted by molar-refractivity contribution is 7.99. The van der Waals surface area contributed by atoms with Crippen LogP contribution in [0.15, 0.2) is 46.2 Å². The van der Waals surface area contributed by atoms with Crippen molar-refractivity contribution in [3.8, 4) is 5.75 Å². The van der Waals surface area contributed by atoms with Crippen LogP contribution in [0.5, 0.6) is 5.75 Å². The lowest BCUT2D eigenvalue weighted by atomic mass is 10.3. The van der Waals surface area contributed by atoms with E-state index in [1.165, 1.54) is 36.4 Å². The standard InChI is InChI=1S/C16H17N3O5S/c1-2-3-8-24-12-5-7-14(19(22)23)16(10-12)25-15-9-11(17)4-6-13(15)18(20)21/h4-7,9-10H,2-3,8,17H2,1H3. The fourth-order valence-corrected chi connectivity index (χ4v) is 3.13. The van der Waals surface area contributed by atoms with Gasteiger partial charge in [-0.05, 0) is 24.6 Å². The molecular formula is C16H17N3O5S. The minimum absolute atomic E-state index is 0.149. The molecule has 0 fully saturated rings. The Bertz CT molecular complexity index is 797. The summed E-state index contributed by atoms with van der Waals surface area (Å²) in [4.78, 5) is 21.9. The number of nitrogens with zero attached hydrogens (tertiary/aromatic N) is 2. The second kappa shape index (κ2) is 8.34. The van der Waals surface area contributed by atoms with Crippen LogP contribution in [0, 0.1) is 20.2 Å². The molecule has 0 spiro atoms. The smallest absolute Gasteiger partial charge is 0.283 e. The Kier molecular flexibility index (Phi) is 6.18. The number of nitrogen functional groups attached to an aromatic ring is 1. The van der Waals surface area contributed by atoms with Gasteiger partial charge in [0, 0.05) is 23.9 Å². The highest BCUT2D eigenvalue weighted by Crippen LogP contribution is 2.41. The zero-order valence-electron chi connectivity index (χ0n) is 13.5. The molecule has 0 radical (unpaired) electrons. The third-order valence-electron chi connectivity index (χ3n) is 3.30. The molecule has 0 unspecified atom stereocenters. The summed E-state index contributed by atoms with van der Waals surface area (Å²) in [5.41, 5.74) is 5.72. The molecule has 9 heteroatoms. The van der Waals surface area contributed by atoms with Crippen LogP contribution in [0.1, 0.15) is 19.8 Å². The van der Waals surface area contributed by atoms with Crippen LogP contribution in [0.2, 0.25) is 0 Å². The fourth-order valence-electron chi connectivity index (χ4n) is 2.03. The summed E-state index contributed by atoms with van der Waals surface area (Å²) in [6.45, 7) is 2.52. The highest BCUT2D eigenvalue weighted by atomic mass is 32.2. The first-order valence-electron chi connectivity index (χ1n) is 7.55. The first-order chi connectivity index (χ1) is 11.9. The monoisotopic (exact) mass is 363 g/mol. The summed E-state index contributed by atoms with van der Waals surface area (Å²) in [5, 5.41) is 22.4. The molecule has 2 aromatic carbocycles. The number of nitrogens with two attached hydrogens (primary N) is 1. The Balaban J connectivity index is 2.39. The molecule has 0 aliphatic heterocycles. The van der Waals surface area contributed by atoms with Gasteiger partial charge in [-0.2, -0.15) is 0 Å². The summed E-state index contributed by atoms with van der Waals surface area (Å²) in [5.74, 6) is 0.480. The third kappa shape index (κ3) is 4.83. The number of unbranched alkanes of at least 4 members (excludes halogenated alkanes) is 1. The van der Waals surface area contributed by atoms with Crippen LogP contribution in [-0.2, 0) is 0 Å². The van der Waals surface area contributed by atoms with Gasteiger partial charge in [-0.3, -0.25) is 20.2 Å². The number of ether oxygens (including phenoxy) is 1. The molecule has 2 N–H and O–H groups in total. The van der Waals surface area contributed by atoms with Crippen LogP contribution < -0.4 is 10.5 Å². The second-order valence-electron chi connectivity index (χ2n) is 5.17. The average molecular weight is 363 g/mol. The molecular weight excluding hydrogens is 346 g/mol. The van der Waals surface area contributed by atoms with Gasteiger partial charge in [0.15, 0.2) is 0 Å². The maximum absolute atomic E-state index is 11.3. The third-order valence-corrected chi connectivity index (χ3v) is 4.39. The summed E-state index contributed by atoms with van der Waals surface area (Å²) in [6.07, 6.45) is 1.82. The van der Waals surface area contributed by atoms with Crippen LogP contribution in [0.25, 0.3) is 0 Å². The Morgan fingerprint density at radius 1 is 1.04 bits per heavy atom. The number of rotatable bonds is 8. The van der Waals surface area contributed by atoms with E-state index in [-0.39, 0.29) is 21.2 Å². The van der Waals surface area contributed by atoms with E-state index in [0.29, 0.717) is 18.0 Å². The molecule has 0 atom stereocenters. The lowest BCUT2D eigenvalue weighted by Gasteiger charge is -2.09. The molecule has 0 heterocycles. The SMILES string of the molecule is CCCCOc1ccc([N+](=O)[O-])c(Sc2cc(N)ccc2[N+](=O)[O-])c1. The van der Waals surface area contributed by atoms with E-state index in [9.17, 15) is 20.2 Å². The van der Waals surface area contributed by atoms with E-state index < -0.39 is 9.85 Å². The molecule has 25 heavy (non-hydrogen) atoms. The Hall–Kier alpha value is -2.81. The molecule has 0 aromatic heterocycles. The number of benzene rings is 2. The predicted molar refractivity (Wildman–Crippen MR) is 95.1 cm³/mol. The van der Waals surface area contributed by atoms with Crippen molar-refractivity contribution in [1.82, 2.24) is 0 Å². The summed E-state index contributed by atoms with van der Waals surface area (Å²) in [6, 6.07) is 8.50. The second-order valence-corrected chi connectivity index (χ2v) is 6.26. The lowest BCUT2D eigenvalue weighted by molar-refractivity contribution is -0.388. The molecule has 8 nitrogen and oxygen atoms in total. The normalized spacial score (nSPS) is 10.4. The largest absolute Gasteiger partial charge is 0.494 e. The van der Waals surface area contributed by atoms with Gasteiger partial charge in [-0.15, -0.1) is 0 Å². The van der Waals surface area contributed by atoms with Crippen LogP contribution in [0.3, 0.4) is 0 Å².